The second kappa shape index (κ2) is 11.5. The molecule has 0 aromatic heterocycles. The minimum Gasteiger partial charge on any atom is -0.462 e. The van der Waals surface area contributed by atoms with E-state index in [1.807, 2.05) is 48.5 Å². The number of nitrogens with one attached hydrogen (secondary N) is 1. The Kier molecular flexibility index (Phi) is 7.74. The molecule has 10 heteroatoms. The van der Waals surface area contributed by atoms with Gasteiger partial charge in [0.25, 0.3) is 5.91 Å². The van der Waals surface area contributed by atoms with Crippen LogP contribution >= 0.6 is 12.2 Å². The number of amides is 2. The molecule has 2 amide bonds. The normalized spacial score (nSPS) is 16.0. The number of carbonyl (C=O) groups is 3. The van der Waals surface area contributed by atoms with Crippen molar-refractivity contribution in [3.05, 3.63) is 89.5 Å². The number of rotatable bonds is 9. The topological polar surface area (TPSA) is 97.4 Å². The second-order valence-electron chi connectivity index (χ2n) is 9.07. The van der Waals surface area contributed by atoms with Gasteiger partial charge in [0.05, 0.1) is 25.1 Å². The Bertz CT molecular complexity index is 1400. The number of fused-ring (bicyclic) bond motifs is 1. The van der Waals surface area contributed by atoms with Crippen molar-refractivity contribution in [2.45, 2.75) is 32.5 Å². The largest absolute Gasteiger partial charge is 0.462 e. The van der Waals surface area contributed by atoms with Crippen LogP contribution in [0.25, 0.3) is 0 Å². The van der Waals surface area contributed by atoms with Gasteiger partial charge >= 0.3 is 5.97 Å². The third kappa shape index (κ3) is 5.85. The Morgan fingerprint density at radius 2 is 1.72 bits per heavy atom. The Balaban J connectivity index is 1.33. The van der Waals surface area contributed by atoms with Crippen LogP contribution in [0.15, 0.2) is 72.8 Å². The van der Waals surface area contributed by atoms with Gasteiger partial charge in [0.1, 0.15) is 6.04 Å². The first-order chi connectivity index (χ1) is 18.9. The Morgan fingerprint density at radius 3 is 2.46 bits per heavy atom. The first kappa shape index (κ1) is 26.2. The molecule has 0 aliphatic carbocycles. The van der Waals surface area contributed by atoms with Crippen molar-refractivity contribution in [1.29, 1.82) is 0 Å². The van der Waals surface area contributed by atoms with Crippen LogP contribution in [0, 0.1) is 0 Å². The summed E-state index contributed by atoms with van der Waals surface area (Å²) in [4.78, 5) is 41.9. The number of esters is 1. The fourth-order valence-electron chi connectivity index (χ4n) is 4.51. The first-order valence-corrected chi connectivity index (χ1v) is 12.9. The number of hydrogen-bond donors (Lipinski definition) is 1. The minimum atomic E-state index is -0.787. The van der Waals surface area contributed by atoms with Gasteiger partial charge in [-0.3, -0.25) is 14.5 Å². The quantitative estimate of drug-likeness (QED) is 0.317. The predicted molar refractivity (Wildman–Crippen MR) is 147 cm³/mol. The lowest BCUT2D eigenvalue weighted by atomic mass is 10.1. The van der Waals surface area contributed by atoms with Gasteiger partial charge in [0.15, 0.2) is 16.6 Å². The zero-order valence-corrected chi connectivity index (χ0v) is 22.1. The van der Waals surface area contributed by atoms with Crippen molar-refractivity contribution in [3.8, 4) is 11.5 Å². The van der Waals surface area contributed by atoms with Crippen LogP contribution in [0.1, 0.15) is 34.8 Å². The van der Waals surface area contributed by atoms with Crippen LogP contribution in [0.2, 0.25) is 0 Å². The van der Waals surface area contributed by atoms with Gasteiger partial charge in [-0.1, -0.05) is 36.4 Å². The zero-order chi connectivity index (χ0) is 27.4. The van der Waals surface area contributed by atoms with E-state index in [1.54, 1.807) is 41.0 Å². The summed E-state index contributed by atoms with van der Waals surface area (Å²) < 4.78 is 15.9. The Morgan fingerprint density at radius 1 is 0.974 bits per heavy atom. The van der Waals surface area contributed by atoms with Gasteiger partial charge in [-0.2, -0.15) is 0 Å². The maximum absolute atomic E-state index is 13.6. The van der Waals surface area contributed by atoms with Crippen molar-refractivity contribution in [2.75, 3.05) is 18.7 Å². The molecule has 39 heavy (non-hydrogen) atoms. The van der Waals surface area contributed by atoms with Crippen molar-refractivity contribution in [1.82, 2.24) is 9.80 Å². The summed E-state index contributed by atoms with van der Waals surface area (Å²) in [5.74, 6) is 0.271. The van der Waals surface area contributed by atoms with Crippen LogP contribution in [-0.4, -0.2) is 52.1 Å². The number of carbonyl (C=O) groups excluding carboxylic acids is 3. The molecule has 3 aromatic rings. The van der Waals surface area contributed by atoms with Crippen molar-refractivity contribution < 1.29 is 28.6 Å². The molecule has 0 spiro atoms. The van der Waals surface area contributed by atoms with Gasteiger partial charge in [0.2, 0.25) is 12.7 Å². The molecular formula is C29H27N3O6S. The van der Waals surface area contributed by atoms with Crippen LogP contribution in [0.5, 0.6) is 11.5 Å². The van der Waals surface area contributed by atoms with E-state index in [9.17, 15) is 14.4 Å². The molecule has 5 rings (SSSR count). The molecule has 0 unspecified atom stereocenters. The molecule has 0 saturated carbocycles. The molecule has 1 fully saturated rings. The van der Waals surface area contributed by atoms with Crippen LogP contribution in [0.3, 0.4) is 0 Å². The minimum absolute atomic E-state index is 0.103. The highest BCUT2D eigenvalue weighted by Crippen LogP contribution is 2.34. The molecular weight excluding hydrogens is 518 g/mol. The fraction of sp³-hybridized carbons (Fsp3) is 0.241. The van der Waals surface area contributed by atoms with Crippen molar-refractivity contribution >= 4 is 40.8 Å². The highest BCUT2D eigenvalue weighted by molar-refractivity contribution is 7.80. The summed E-state index contributed by atoms with van der Waals surface area (Å²) in [7, 11) is 0. The monoisotopic (exact) mass is 545 g/mol. The zero-order valence-electron chi connectivity index (χ0n) is 21.3. The van der Waals surface area contributed by atoms with E-state index in [0.717, 1.165) is 11.1 Å². The Hall–Kier alpha value is -4.44. The van der Waals surface area contributed by atoms with E-state index in [1.165, 1.54) is 0 Å². The molecule has 0 bridgehead atoms. The van der Waals surface area contributed by atoms with Crippen LogP contribution in [0.4, 0.5) is 5.69 Å². The molecule has 2 aliphatic heterocycles. The summed E-state index contributed by atoms with van der Waals surface area (Å²) >= 11 is 5.76. The summed E-state index contributed by atoms with van der Waals surface area (Å²) in [5.41, 5.74) is 2.70. The standard InChI is InChI=1S/C29H27N3O6S/c1-2-36-28(35)21-9-11-22(12-10-21)30-26(33)15-23-27(34)32(16-19-6-4-3-5-7-19)29(39)31(23)17-20-8-13-24-25(14-20)38-18-37-24/h3-14,23H,2,15-18H2,1H3,(H,30,33)/t23-/m1/s1. The highest BCUT2D eigenvalue weighted by atomic mass is 32.1. The van der Waals surface area contributed by atoms with Crippen molar-refractivity contribution in [2.24, 2.45) is 0 Å². The average Bonchev–Trinajstić information content (AvgIpc) is 3.49. The van der Waals surface area contributed by atoms with Gasteiger partial charge in [-0.25, -0.2) is 4.79 Å². The smallest absolute Gasteiger partial charge is 0.338 e. The molecule has 3 aromatic carbocycles. The van der Waals surface area contributed by atoms with E-state index in [0.29, 0.717) is 41.0 Å². The number of hydrogen-bond acceptors (Lipinski definition) is 7. The predicted octanol–water partition coefficient (Wildman–Crippen LogP) is 4.12. The number of nitrogens with zero attached hydrogens (tertiary/aromatic N) is 2. The second-order valence-corrected chi connectivity index (χ2v) is 9.44. The summed E-state index contributed by atoms with van der Waals surface area (Å²) in [6.45, 7) is 2.80. The molecule has 1 N–H and O–H groups in total. The van der Waals surface area contributed by atoms with Crippen molar-refractivity contribution in [3.63, 3.8) is 0 Å². The summed E-state index contributed by atoms with van der Waals surface area (Å²) in [6.07, 6.45) is -0.103. The lowest BCUT2D eigenvalue weighted by Crippen LogP contribution is -2.37. The molecule has 9 nitrogen and oxygen atoms in total. The van der Waals surface area contributed by atoms with E-state index >= 15 is 0 Å². The molecule has 1 saturated heterocycles. The third-order valence-corrected chi connectivity index (χ3v) is 6.89. The van der Waals surface area contributed by atoms with Crippen LogP contribution < -0.4 is 14.8 Å². The number of anilines is 1. The molecule has 1 atom stereocenters. The lowest BCUT2D eigenvalue weighted by Gasteiger charge is -2.24. The summed E-state index contributed by atoms with van der Waals surface area (Å²) in [5, 5.41) is 3.18. The SMILES string of the molecule is CCOC(=O)c1ccc(NC(=O)C[C@@H]2C(=O)N(Cc3ccccc3)C(=S)N2Cc2ccc3c(c2)OCO3)cc1. The first-order valence-electron chi connectivity index (χ1n) is 12.5. The molecule has 200 valence electrons. The van der Waals surface area contributed by atoms with E-state index in [-0.39, 0.29) is 31.6 Å². The lowest BCUT2D eigenvalue weighted by molar-refractivity contribution is -0.131. The van der Waals surface area contributed by atoms with E-state index in [4.69, 9.17) is 26.4 Å². The molecule has 2 aliphatic rings. The van der Waals surface area contributed by atoms with Gasteiger partial charge in [0, 0.05) is 12.2 Å². The molecule has 2 heterocycles. The number of benzene rings is 3. The van der Waals surface area contributed by atoms with Gasteiger partial charge in [-0.15, -0.1) is 0 Å². The maximum atomic E-state index is 13.6. The Labute approximate surface area is 231 Å². The van der Waals surface area contributed by atoms with Crippen LogP contribution in [-0.2, 0) is 27.4 Å². The van der Waals surface area contributed by atoms with E-state index in [2.05, 4.69) is 5.32 Å². The number of ether oxygens (including phenoxy) is 3. The van der Waals surface area contributed by atoms with Gasteiger partial charge in [-0.05, 0) is 66.7 Å². The average molecular weight is 546 g/mol. The third-order valence-electron chi connectivity index (χ3n) is 6.44. The highest BCUT2D eigenvalue weighted by Gasteiger charge is 2.43. The molecule has 0 radical (unpaired) electrons. The number of thiocarbonyl (C=S) groups is 1. The van der Waals surface area contributed by atoms with E-state index < -0.39 is 12.0 Å². The summed E-state index contributed by atoms with van der Waals surface area (Å²) in [6, 6.07) is 20.8. The maximum Gasteiger partial charge on any atom is 0.338 e. The fourth-order valence-corrected chi connectivity index (χ4v) is 4.86. The van der Waals surface area contributed by atoms with Gasteiger partial charge < -0.3 is 24.4 Å².